The fourth-order valence-corrected chi connectivity index (χ4v) is 2.07. The minimum Gasteiger partial charge on any atom is -0.385 e. The molecule has 0 aliphatic heterocycles. The van der Waals surface area contributed by atoms with Crippen LogP contribution in [0.4, 0.5) is 5.69 Å². The number of hydrogen-bond donors (Lipinski definition) is 2. The van der Waals surface area contributed by atoms with Crippen molar-refractivity contribution < 1.29 is 4.79 Å². The lowest BCUT2D eigenvalue weighted by Crippen LogP contribution is -2.24. The van der Waals surface area contributed by atoms with Crippen LogP contribution in [0.1, 0.15) is 23.0 Å². The molecule has 2 heterocycles. The number of carbonyl (C=O) groups is 1. The average molecular weight is 262 g/mol. The van der Waals surface area contributed by atoms with E-state index >= 15 is 0 Å². The summed E-state index contributed by atoms with van der Waals surface area (Å²) >= 11 is 1.51. The molecule has 0 aromatic carbocycles. The lowest BCUT2D eigenvalue weighted by Gasteiger charge is -2.09. The first-order chi connectivity index (χ1) is 8.81. The van der Waals surface area contributed by atoms with Crippen LogP contribution in [0.5, 0.6) is 0 Å². The first kappa shape index (κ1) is 12.5. The summed E-state index contributed by atoms with van der Waals surface area (Å²) < 4.78 is 0. The van der Waals surface area contributed by atoms with Crippen LogP contribution in [0.2, 0.25) is 0 Å². The second kappa shape index (κ2) is 6.11. The number of amides is 1. The summed E-state index contributed by atoms with van der Waals surface area (Å²) in [5.41, 5.74) is 3.95. The van der Waals surface area contributed by atoms with Crippen molar-refractivity contribution in [1.82, 2.24) is 15.3 Å². The molecule has 0 saturated carbocycles. The van der Waals surface area contributed by atoms with E-state index in [1.54, 1.807) is 24.0 Å². The number of rotatable bonds is 5. The van der Waals surface area contributed by atoms with E-state index in [2.05, 4.69) is 20.6 Å². The van der Waals surface area contributed by atoms with Crippen LogP contribution >= 0.6 is 11.3 Å². The Kier molecular flexibility index (Phi) is 4.25. The summed E-state index contributed by atoms with van der Waals surface area (Å²) in [5.74, 6) is -0.146. The first-order valence-corrected chi connectivity index (χ1v) is 6.58. The normalized spacial score (nSPS) is 10.1. The van der Waals surface area contributed by atoms with E-state index in [0.717, 1.165) is 17.9 Å². The van der Waals surface area contributed by atoms with Gasteiger partial charge in [-0.25, -0.2) is 4.98 Å². The number of thiazole rings is 1. The van der Waals surface area contributed by atoms with Crippen molar-refractivity contribution in [3.8, 4) is 0 Å². The van der Waals surface area contributed by atoms with Crippen molar-refractivity contribution in [2.24, 2.45) is 0 Å². The zero-order valence-corrected chi connectivity index (χ0v) is 10.8. The van der Waals surface area contributed by atoms with Crippen LogP contribution in [0.25, 0.3) is 0 Å². The van der Waals surface area contributed by atoms with E-state index in [1.165, 1.54) is 11.3 Å². The van der Waals surface area contributed by atoms with Gasteiger partial charge in [0.2, 0.25) is 0 Å². The molecule has 94 valence electrons. The fourth-order valence-electron chi connectivity index (χ4n) is 1.51. The summed E-state index contributed by atoms with van der Waals surface area (Å²) in [5, 5.41) is 7.87. The summed E-state index contributed by atoms with van der Waals surface area (Å²) in [6, 6.07) is 1.79. The zero-order valence-electron chi connectivity index (χ0n) is 10.0. The van der Waals surface area contributed by atoms with Crippen molar-refractivity contribution in [2.45, 2.75) is 13.5 Å². The van der Waals surface area contributed by atoms with Gasteiger partial charge in [0.15, 0.2) is 0 Å². The van der Waals surface area contributed by atoms with E-state index in [4.69, 9.17) is 0 Å². The molecule has 5 nitrogen and oxygen atoms in total. The minimum absolute atomic E-state index is 0.146. The third kappa shape index (κ3) is 3.04. The van der Waals surface area contributed by atoms with Gasteiger partial charge in [-0.2, -0.15) is 0 Å². The maximum Gasteiger partial charge on any atom is 0.255 e. The third-order valence-corrected chi connectivity index (χ3v) is 2.98. The number of nitrogens with zero attached hydrogens (tertiary/aromatic N) is 2. The molecule has 6 heteroatoms. The van der Waals surface area contributed by atoms with Gasteiger partial charge in [-0.3, -0.25) is 9.78 Å². The topological polar surface area (TPSA) is 66.9 Å². The van der Waals surface area contributed by atoms with Crippen LogP contribution in [0, 0.1) is 0 Å². The van der Waals surface area contributed by atoms with Crippen molar-refractivity contribution in [2.75, 3.05) is 11.9 Å². The average Bonchev–Trinajstić information content (AvgIpc) is 2.90. The van der Waals surface area contributed by atoms with Crippen molar-refractivity contribution in [3.63, 3.8) is 0 Å². The Labute approximate surface area is 109 Å². The molecule has 2 aromatic rings. The molecule has 18 heavy (non-hydrogen) atoms. The van der Waals surface area contributed by atoms with Crippen LogP contribution in [-0.2, 0) is 6.54 Å². The van der Waals surface area contributed by atoms with Gasteiger partial charge in [0.25, 0.3) is 5.91 Å². The van der Waals surface area contributed by atoms with Crippen LogP contribution < -0.4 is 10.6 Å². The number of carbonyl (C=O) groups excluding carboxylic acids is 1. The van der Waals surface area contributed by atoms with Gasteiger partial charge < -0.3 is 10.6 Å². The quantitative estimate of drug-likeness (QED) is 0.863. The molecule has 0 atom stereocenters. The summed E-state index contributed by atoms with van der Waals surface area (Å²) in [6.07, 6.45) is 3.23. The maximum atomic E-state index is 12.0. The van der Waals surface area contributed by atoms with E-state index < -0.39 is 0 Å². The molecule has 0 unspecified atom stereocenters. The van der Waals surface area contributed by atoms with Crippen LogP contribution in [-0.4, -0.2) is 22.4 Å². The van der Waals surface area contributed by atoms with E-state index in [-0.39, 0.29) is 5.91 Å². The van der Waals surface area contributed by atoms with Gasteiger partial charge in [-0.1, -0.05) is 0 Å². The molecular weight excluding hydrogens is 248 g/mol. The van der Waals surface area contributed by atoms with Gasteiger partial charge in [0.05, 0.1) is 29.0 Å². The van der Waals surface area contributed by atoms with Gasteiger partial charge >= 0.3 is 0 Å². The number of pyridine rings is 1. The highest BCUT2D eigenvalue weighted by molar-refractivity contribution is 7.07. The van der Waals surface area contributed by atoms with Gasteiger partial charge in [-0.05, 0) is 13.0 Å². The molecule has 0 fully saturated rings. The van der Waals surface area contributed by atoms with E-state index in [0.29, 0.717) is 12.1 Å². The Morgan fingerprint density at radius 3 is 3.11 bits per heavy atom. The highest BCUT2D eigenvalue weighted by Crippen LogP contribution is 2.13. The Balaban J connectivity index is 2.04. The molecule has 1 amide bonds. The molecule has 0 bridgehead atoms. The number of aromatic nitrogens is 2. The molecule has 2 aromatic heterocycles. The van der Waals surface area contributed by atoms with E-state index in [9.17, 15) is 4.79 Å². The van der Waals surface area contributed by atoms with Crippen molar-refractivity contribution in [1.29, 1.82) is 0 Å². The summed E-state index contributed by atoms with van der Waals surface area (Å²) in [4.78, 5) is 20.1. The highest BCUT2D eigenvalue weighted by Gasteiger charge is 2.10. The third-order valence-electron chi connectivity index (χ3n) is 2.35. The summed E-state index contributed by atoms with van der Waals surface area (Å²) in [7, 11) is 0. The fraction of sp³-hybridized carbons (Fsp3) is 0.250. The minimum atomic E-state index is -0.146. The van der Waals surface area contributed by atoms with Crippen LogP contribution in [0.15, 0.2) is 29.4 Å². The van der Waals surface area contributed by atoms with Gasteiger partial charge in [0, 0.05) is 24.3 Å². The number of hydrogen-bond acceptors (Lipinski definition) is 5. The monoisotopic (exact) mass is 262 g/mol. The highest BCUT2D eigenvalue weighted by atomic mass is 32.1. The molecule has 0 radical (unpaired) electrons. The Morgan fingerprint density at radius 1 is 1.50 bits per heavy atom. The first-order valence-electron chi connectivity index (χ1n) is 5.64. The predicted molar refractivity (Wildman–Crippen MR) is 71.7 cm³/mol. The van der Waals surface area contributed by atoms with Crippen LogP contribution in [0.3, 0.4) is 0 Å². The second-order valence-corrected chi connectivity index (χ2v) is 4.33. The Hall–Kier alpha value is -1.95. The summed E-state index contributed by atoms with van der Waals surface area (Å²) in [6.45, 7) is 3.18. The lowest BCUT2D eigenvalue weighted by molar-refractivity contribution is 0.0951. The van der Waals surface area contributed by atoms with Gasteiger partial charge in [0.1, 0.15) is 0 Å². The van der Waals surface area contributed by atoms with Crippen molar-refractivity contribution >= 4 is 22.9 Å². The molecule has 0 aliphatic rings. The molecule has 2 rings (SSSR count). The zero-order chi connectivity index (χ0) is 12.8. The van der Waals surface area contributed by atoms with Crippen molar-refractivity contribution in [3.05, 3.63) is 40.6 Å². The SMILES string of the molecule is CCNc1ccncc1C(=O)NCc1cscn1. The van der Waals surface area contributed by atoms with Gasteiger partial charge in [-0.15, -0.1) is 11.3 Å². The molecule has 0 spiro atoms. The Bertz CT molecular complexity index is 513. The number of nitrogens with one attached hydrogen (secondary N) is 2. The predicted octanol–water partition coefficient (Wildman–Crippen LogP) is 1.90. The second-order valence-electron chi connectivity index (χ2n) is 3.61. The lowest BCUT2D eigenvalue weighted by atomic mass is 10.2. The number of anilines is 1. The Morgan fingerprint density at radius 2 is 2.39 bits per heavy atom. The largest absolute Gasteiger partial charge is 0.385 e. The molecule has 2 N–H and O–H groups in total. The van der Waals surface area contributed by atoms with E-state index in [1.807, 2.05) is 12.3 Å². The maximum absolute atomic E-state index is 12.0. The smallest absolute Gasteiger partial charge is 0.255 e. The standard InChI is InChI=1S/C12H14N4OS/c1-2-14-11-3-4-13-6-10(11)12(17)15-5-9-7-18-8-16-9/h3-4,6-8H,2,5H2,1H3,(H,13,14)(H,15,17). The molecule has 0 saturated heterocycles. The molecule has 0 aliphatic carbocycles. The molecular formula is C12H14N4OS.